The molecule has 2 atom stereocenters. The number of urea groups is 1. The predicted octanol–water partition coefficient (Wildman–Crippen LogP) is 1.92. The summed E-state index contributed by atoms with van der Waals surface area (Å²) in [6.45, 7) is 5.74. The van der Waals surface area contributed by atoms with Crippen molar-refractivity contribution in [3.8, 4) is 0 Å². The first-order valence-corrected chi connectivity index (χ1v) is 8.49. The summed E-state index contributed by atoms with van der Waals surface area (Å²) in [5.41, 5.74) is 1.30. The molecule has 1 aliphatic rings. The maximum atomic E-state index is 12.1. The number of aliphatic hydroxyl groups excluding tert-OH is 1. The summed E-state index contributed by atoms with van der Waals surface area (Å²) in [5, 5.41) is 12.8. The Kier molecular flexibility index (Phi) is 6.86. The number of likely N-dealkylation sites (tertiary alicyclic amines) is 1. The first-order valence-electron chi connectivity index (χ1n) is 8.49. The molecule has 1 fully saturated rings. The summed E-state index contributed by atoms with van der Waals surface area (Å²) in [6.07, 6.45) is 1.39. The zero-order chi connectivity index (χ0) is 16.7. The summed E-state index contributed by atoms with van der Waals surface area (Å²) in [7, 11) is 2.09. The number of benzene rings is 1. The first kappa shape index (κ1) is 17.8. The van der Waals surface area contributed by atoms with Crippen molar-refractivity contribution in [1.82, 2.24) is 15.1 Å². The van der Waals surface area contributed by atoms with Crippen molar-refractivity contribution in [2.45, 2.75) is 32.4 Å². The number of aliphatic hydroxyl groups is 1. The zero-order valence-electron chi connectivity index (χ0n) is 14.2. The Hall–Kier alpha value is -1.59. The highest BCUT2D eigenvalue weighted by Gasteiger charge is 2.26. The molecule has 2 unspecified atom stereocenters. The number of nitrogens with zero attached hydrogens (tertiary/aromatic N) is 2. The standard InChI is InChI=1S/C18H29N3O2/c1-15-9-12-21(14-17(15)22)18(23)19-10-6-11-20(2)13-16-7-4-3-5-8-16/h3-5,7-8,15,17,22H,6,9-14H2,1-2H3,(H,19,23). The number of nitrogens with one attached hydrogen (secondary N) is 1. The molecule has 23 heavy (non-hydrogen) atoms. The summed E-state index contributed by atoms with van der Waals surface area (Å²) in [5.74, 6) is 0.283. The minimum atomic E-state index is -0.397. The third-order valence-corrected chi connectivity index (χ3v) is 4.49. The first-order chi connectivity index (χ1) is 11.1. The number of amides is 2. The number of piperidine rings is 1. The summed E-state index contributed by atoms with van der Waals surface area (Å²) in [6, 6.07) is 10.3. The Labute approximate surface area is 139 Å². The SMILES string of the molecule is CC1CCN(C(=O)NCCCN(C)Cc2ccccc2)CC1O. The Balaban J connectivity index is 1.60. The molecule has 2 rings (SSSR count). The smallest absolute Gasteiger partial charge is 0.317 e. The van der Waals surface area contributed by atoms with Crippen LogP contribution in [0.25, 0.3) is 0 Å². The molecule has 1 heterocycles. The maximum absolute atomic E-state index is 12.1. The molecule has 1 aromatic carbocycles. The normalized spacial score (nSPS) is 21.5. The van der Waals surface area contributed by atoms with Gasteiger partial charge in [0.1, 0.15) is 0 Å². The summed E-state index contributed by atoms with van der Waals surface area (Å²) < 4.78 is 0. The number of hydrogen-bond donors (Lipinski definition) is 2. The second kappa shape index (κ2) is 8.89. The van der Waals surface area contributed by atoms with Crippen molar-refractivity contribution in [2.75, 3.05) is 33.2 Å². The highest BCUT2D eigenvalue weighted by molar-refractivity contribution is 5.74. The molecule has 5 heteroatoms. The van der Waals surface area contributed by atoms with E-state index in [2.05, 4.69) is 41.5 Å². The molecular formula is C18H29N3O2. The highest BCUT2D eigenvalue weighted by atomic mass is 16.3. The molecule has 1 saturated heterocycles. The van der Waals surface area contributed by atoms with Crippen LogP contribution in [0.3, 0.4) is 0 Å². The molecule has 5 nitrogen and oxygen atoms in total. The number of hydrogen-bond acceptors (Lipinski definition) is 3. The Morgan fingerprint density at radius 2 is 2.13 bits per heavy atom. The molecule has 1 aromatic rings. The third kappa shape index (κ3) is 5.84. The van der Waals surface area contributed by atoms with Gasteiger partial charge in [0.2, 0.25) is 0 Å². The van der Waals surface area contributed by atoms with Crippen molar-refractivity contribution in [3.63, 3.8) is 0 Å². The minimum absolute atomic E-state index is 0.0540. The van der Waals surface area contributed by atoms with Crippen molar-refractivity contribution in [2.24, 2.45) is 5.92 Å². The van der Waals surface area contributed by atoms with E-state index in [4.69, 9.17) is 0 Å². The van der Waals surface area contributed by atoms with Gasteiger partial charge in [-0.15, -0.1) is 0 Å². The van der Waals surface area contributed by atoms with Crippen molar-refractivity contribution >= 4 is 6.03 Å². The number of carbonyl (C=O) groups excluding carboxylic acids is 1. The number of rotatable bonds is 6. The molecule has 128 valence electrons. The van der Waals surface area contributed by atoms with Crippen LogP contribution in [-0.2, 0) is 6.54 Å². The van der Waals surface area contributed by atoms with E-state index in [9.17, 15) is 9.90 Å². The van der Waals surface area contributed by atoms with Crippen LogP contribution in [0, 0.1) is 5.92 Å². The fourth-order valence-electron chi connectivity index (χ4n) is 2.86. The van der Waals surface area contributed by atoms with E-state index in [1.54, 1.807) is 4.90 Å². The minimum Gasteiger partial charge on any atom is -0.391 e. The van der Waals surface area contributed by atoms with Crippen LogP contribution in [0.5, 0.6) is 0 Å². The van der Waals surface area contributed by atoms with E-state index in [1.807, 2.05) is 13.0 Å². The monoisotopic (exact) mass is 319 g/mol. The van der Waals surface area contributed by atoms with E-state index in [1.165, 1.54) is 5.56 Å². The molecule has 0 bridgehead atoms. The molecule has 1 aliphatic heterocycles. The lowest BCUT2D eigenvalue weighted by molar-refractivity contribution is 0.0436. The Morgan fingerprint density at radius 3 is 2.83 bits per heavy atom. The molecular weight excluding hydrogens is 290 g/mol. The van der Waals surface area contributed by atoms with E-state index in [0.29, 0.717) is 13.1 Å². The Morgan fingerprint density at radius 1 is 1.39 bits per heavy atom. The van der Waals surface area contributed by atoms with Crippen molar-refractivity contribution in [3.05, 3.63) is 35.9 Å². The van der Waals surface area contributed by atoms with Gasteiger partial charge in [-0.25, -0.2) is 4.79 Å². The highest BCUT2D eigenvalue weighted by Crippen LogP contribution is 2.16. The second-order valence-corrected chi connectivity index (χ2v) is 6.59. The molecule has 0 aliphatic carbocycles. The van der Waals surface area contributed by atoms with Crippen LogP contribution in [0.15, 0.2) is 30.3 Å². The molecule has 0 radical (unpaired) electrons. The van der Waals surface area contributed by atoms with Gasteiger partial charge >= 0.3 is 6.03 Å². The van der Waals surface area contributed by atoms with Crippen LogP contribution in [0.2, 0.25) is 0 Å². The van der Waals surface area contributed by atoms with Crippen molar-refractivity contribution in [1.29, 1.82) is 0 Å². The predicted molar refractivity (Wildman–Crippen MR) is 92.2 cm³/mol. The quantitative estimate of drug-likeness (QED) is 0.788. The van der Waals surface area contributed by atoms with Crippen LogP contribution in [0.1, 0.15) is 25.3 Å². The molecule has 2 amide bonds. The molecule has 2 N–H and O–H groups in total. The van der Waals surface area contributed by atoms with Gasteiger partial charge in [-0.2, -0.15) is 0 Å². The fourth-order valence-corrected chi connectivity index (χ4v) is 2.86. The average molecular weight is 319 g/mol. The number of carbonyl (C=O) groups is 1. The van der Waals surface area contributed by atoms with Crippen LogP contribution >= 0.6 is 0 Å². The van der Waals surface area contributed by atoms with Gasteiger partial charge in [0, 0.05) is 26.2 Å². The summed E-state index contributed by atoms with van der Waals surface area (Å²) in [4.78, 5) is 16.1. The lowest BCUT2D eigenvalue weighted by Crippen LogP contribution is -2.49. The van der Waals surface area contributed by atoms with E-state index >= 15 is 0 Å². The topological polar surface area (TPSA) is 55.8 Å². The number of β-amino-alcohol motifs (C(OH)–C–C–N with tert-alkyl or cyclic N) is 1. The zero-order valence-corrected chi connectivity index (χ0v) is 14.2. The van der Waals surface area contributed by atoms with Gasteiger partial charge in [-0.3, -0.25) is 0 Å². The Bertz CT molecular complexity index is 480. The van der Waals surface area contributed by atoms with E-state index in [-0.39, 0.29) is 11.9 Å². The lowest BCUT2D eigenvalue weighted by Gasteiger charge is -2.34. The van der Waals surface area contributed by atoms with Gasteiger partial charge < -0.3 is 20.2 Å². The molecule has 0 spiro atoms. The fraction of sp³-hybridized carbons (Fsp3) is 0.611. The lowest BCUT2D eigenvalue weighted by atomic mass is 9.96. The largest absolute Gasteiger partial charge is 0.391 e. The maximum Gasteiger partial charge on any atom is 0.317 e. The van der Waals surface area contributed by atoms with E-state index in [0.717, 1.165) is 32.5 Å². The van der Waals surface area contributed by atoms with Crippen LogP contribution < -0.4 is 5.32 Å². The average Bonchev–Trinajstić information content (AvgIpc) is 2.55. The van der Waals surface area contributed by atoms with Gasteiger partial charge in [0.05, 0.1) is 6.10 Å². The van der Waals surface area contributed by atoms with Gasteiger partial charge in [-0.05, 0) is 37.9 Å². The third-order valence-electron chi connectivity index (χ3n) is 4.49. The molecule has 0 saturated carbocycles. The van der Waals surface area contributed by atoms with Gasteiger partial charge in [0.25, 0.3) is 0 Å². The van der Waals surface area contributed by atoms with E-state index < -0.39 is 6.10 Å². The van der Waals surface area contributed by atoms with Crippen LogP contribution in [0.4, 0.5) is 4.79 Å². The van der Waals surface area contributed by atoms with Crippen LogP contribution in [-0.4, -0.2) is 60.3 Å². The van der Waals surface area contributed by atoms with Crippen molar-refractivity contribution < 1.29 is 9.90 Å². The second-order valence-electron chi connectivity index (χ2n) is 6.59. The van der Waals surface area contributed by atoms with Gasteiger partial charge in [0.15, 0.2) is 0 Å². The van der Waals surface area contributed by atoms with Gasteiger partial charge in [-0.1, -0.05) is 37.3 Å². The summed E-state index contributed by atoms with van der Waals surface area (Å²) >= 11 is 0. The molecule has 0 aromatic heterocycles.